The van der Waals surface area contributed by atoms with E-state index in [0.717, 1.165) is 34.7 Å². The zero-order valence-corrected chi connectivity index (χ0v) is 15.7. The molecule has 0 unspecified atom stereocenters. The summed E-state index contributed by atoms with van der Waals surface area (Å²) in [6.45, 7) is 7.18. The van der Waals surface area contributed by atoms with Crippen LogP contribution in [-0.4, -0.2) is 17.2 Å². The van der Waals surface area contributed by atoms with Gasteiger partial charge in [-0.2, -0.15) is 0 Å². The molecule has 0 spiro atoms. The standard InChI is InChI=1S/C20H32N2S/c1-12-7-14(11-20(2,3)10-12)21-19(23)22-18-9-13-8-17(18)16-6-4-5-15(13)16/h4,6,12-18H,5,7-11H2,1-3H3,(H2,21,22,23)/t12-,13-,14-,15+,16-,17+,18+/m0/s1. The lowest BCUT2D eigenvalue weighted by molar-refractivity contribution is 0.161. The van der Waals surface area contributed by atoms with Gasteiger partial charge in [0.25, 0.3) is 0 Å². The lowest BCUT2D eigenvalue weighted by Crippen LogP contribution is -2.51. The number of hydrogen-bond acceptors (Lipinski definition) is 1. The Labute approximate surface area is 146 Å². The number of thiocarbonyl (C=S) groups is 1. The number of rotatable bonds is 2. The van der Waals surface area contributed by atoms with Gasteiger partial charge in [0.05, 0.1) is 0 Å². The van der Waals surface area contributed by atoms with Crippen LogP contribution < -0.4 is 10.6 Å². The molecule has 0 saturated heterocycles. The van der Waals surface area contributed by atoms with Gasteiger partial charge in [0.2, 0.25) is 0 Å². The van der Waals surface area contributed by atoms with Crippen LogP contribution in [0.15, 0.2) is 12.2 Å². The van der Waals surface area contributed by atoms with Crippen LogP contribution in [0.25, 0.3) is 0 Å². The second-order valence-corrected chi connectivity index (χ2v) is 10.0. The van der Waals surface area contributed by atoms with Gasteiger partial charge < -0.3 is 10.6 Å². The number of hydrogen-bond donors (Lipinski definition) is 2. The number of fused-ring (bicyclic) bond motifs is 5. The summed E-state index contributed by atoms with van der Waals surface area (Å²) in [5.74, 6) is 4.35. The Kier molecular flexibility index (Phi) is 3.98. The number of nitrogens with one attached hydrogen (secondary N) is 2. The first kappa shape index (κ1) is 15.9. The molecule has 0 aromatic carbocycles. The molecule has 0 radical (unpaired) electrons. The molecule has 0 amide bonds. The molecule has 3 heteroatoms. The first-order valence-electron chi connectivity index (χ1n) is 9.65. The minimum absolute atomic E-state index is 0.444. The largest absolute Gasteiger partial charge is 0.360 e. The molecule has 0 heterocycles. The van der Waals surface area contributed by atoms with Crippen molar-refractivity contribution in [3.63, 3.8) is 0 Å². The molecule has 4 rings (SSSR count). The summed E-state index contributed by atoms with van der Waals surface area (Å²) in [5, 5.41) is 8.27. The Hall–Kier alpha value is -0.570. The van der Waals surface area contributed by atoms with E-state index in [1.54, 1.807) is 0 Å². The molecular formula is C20H32N2S. The van der Waals surface area contributed by atoms with Crippen molar-refractivity contribution in [2.24, 2.45) is 35.0 Å². The maximum atomic E-state index is 5.68. The van der Waals surface area contributed by atoms with Gasteiger partial charge in [-0.15, -0.1) is 0 Å². The highest BCUT2D eigenvalue weighted by atomic mass is 32.1. The molecule has 3 saturated carbocycles. The second-order valence-electron chi connectivity index (χ2n) is 9.63. The van der Waals surface area contributed by atoms with E-state index < -0.39 is 0 Å². The Morgan fingerprint density at radius 1 is 1.09 bits per heavy atom. The van der Waals surface area contributed by atoms with Crippen LogP contribution in [-0.2, 0) is 0 Å². The molecule has 3 fully saturated rings. The lowest BCUT2D eigenvalue weighted by atomic mass is 9.71. The van der Waals surface area contributed by atoms with Gasteiger partial charge in [-0.1, -0.05) is 32.9 Å². The Morgan fingerprint density at radius 3 is 2.70 bits per heavy atom. The fraction of sp³-hybridized carbons (Fsp3) is 0.850. The molecule has 2 bridgehead atoms. The Morgan fingerprint density at radius 2 is 1.91 bits per heavy atom. The van der Waals surface area contributed by atoms with E-state index in [2.05, 4.69) is 43.6 Å². The van der Waals surface area contributed by atoms with Crippen molar-refractivity contribution in [1.82, 2.24) is 10.6 Å². The van der Waals surface area contributed by atoms with Gasteiger partial charge in [-0.05, 0) is 85.7 Å². The average molecular weight is 333 g/mol. The van der Waals surface area contributed by atoms with E-state index >= 15 is 0 Å². The van der Waals surface area contributed by atoms with Crippen LogP contribution >= 0.6 is 12.2 Å². The molecule has 23 heavy (non-hydrogen) atoms. The number of allylic oxidation sites excluding steroid dienone is 2. The molecule has 0 aliphatic heterocycles. The minimum Gasteiger partial charge on any atom is -0.360 e. The van der Waals surface area contributed by atoms with Gasteiger partial charge in [0, 0.05) is 12.1 Å². The highest BCUT2D eigenvalue weighted by Gasteiger charge is 2.52. The third-order valence-corrected chi connectivity index (χ3v) is 7.28. The van der Waals surface area contributed by atoms with E-state index in [9.17, 15) is 0 Å². The van der Waals surface area contributed by atoms with E-state index in [1.807, 2.05) is 0 Å². The molecule has 0 aromatic heterocycles. The summed E-state index contributed by atoms with van der Waals surface area (Å²) in [6.07, 6.45) is 12.8. The Balaban J connectivity index is 1.32. The zero-order valence-electron chi connectivity index (χ0n) is 14.8. The molecule has 2 nitrogen and oxygen atoms in total. The van der Waals surface area contributed by atoms with Gasteiger partial charge in [0.1, 0.15) is 0 Å². The van der Waals surface area contributed by atoms with E-state index in [-0.39, 0.29) is 0 Å². The highest BCUT2D eigenvalue weighted by Crippen LogP contribution is 2.56. The third-order valence-electron chi connectivity index (χ3n) is 7.05. The Bertz CT molecular complexity index is 512. The highest BCUT2D eigenvalue weighted by molar-refractivity contribution is 7.80. The molecule has 7 atom stereocenters. The molecule has 4 aliphatic rings. The normalized spacial score (nSPS) is 46.7. The minimum atomic E-state index is 0.444. The van der Waals surface area contributed by atoms with E-state index in [0.29, 0.717) is 17.5 Å². The molecule has 128 valence electrons. The van der Waals surface area contributed by atoms with Crippen LogP contribution in [0.4, 0.5) is 0 Å². The van der Waals surface area contributed by atoms with Crippen molar-refractivity contribution >= 4 is 17.3 Å². The van der Waals surface area contributed by atoms with Gasteiger partial charge >= 0.3 is 0 Å². The van der Waals surface area contributed by atoms with Gasteiger partial charge in [-0.3, -0.25) is 0 Å². The third kappa shape index (κ3) is 3.06. The van der Waals surface area contributed by atoms with Crippen molar-refractivity contribution in [2.45, 2.75) is 71.4 Å². The quantitative estimate of drug-likeness (QED) is 0.583. The van der Waals surface area contributed by atoms with Gasteiger partial charge in [-0.25, -0.2) is 0 Å². The lowest BCUT2D eigenvalue weighted by Gasteiger charge is -2.40. The second kappa shape index (κ2) is 5.75. The topological polar surface area (TPSA) is 24.1 Å². The van der Waals surface area contributed by atoms with Crippen molar-refractivity contribution in [2.75, 3.05) is 0 Å². The smallest absolute Gasteiger partial charge is 0.166 e. The summed E-state index contributed by atoms with van der Waals surface area (Å²) in [4.78, 5) is 0. The molecule has 4 aliphatic carbocycles. The summed E-state index contributed by atoms with van der Waals surface area (Å²) < 4.78 is 0. The monoisotopic (exact) mass is 332 g/mol. The summed E-state index contributed by atoms with van der Waals surface area (Å²) in [5.41, 5.74) is 0.444. The first-order chi connectivity index (χ1) is 10.9. The van der Waals surface area contributed by atoms with Crippen molar-refractivity contribution in [3.05, 3.63) is 12.2 Å². The van der Waals surface area contributed by atoms with Crippen molar-refractivity contribution in [1.29, 1.82) is 0 Å². The zero-order chi connectivity index (χ0) is 16.2. The average Bonchev–Trinajstić information content (AvgIpc) is 3.06. The summed E-state index contributed by atoms with van der Waals surface area (Å²) >= 11 is 5.68. The molecular weight excluding hydrogens is 300 g/mol. The fourth-order valence-electron chi connectivity index (χ4n) is 6.56. The van der Waals surface area contributed by atoms with Crippen LogP contribution in [0.5, 0.6) is 0 Å². The SMILES string of the molecule is C[C@H]1C[C@H](NC(=S)N[C@@H]2C[C@@H]3C[C@@H]2[C@H]2C=CC[C@H]32)CC(C)(C)C1. The van der Waals surface area contributed by atoms with Crippen LogP contribution in [0, 0.1) is 35.0 Å². The fourth-order valence-corrected chi connectivity index (χ4v) is 6.88. The molecule has 0 aromatic rings. The van der Waals surface area contributed by atoms with Crippen LogP contribution in [0.3, 0.4) is 0 Å². The van der Waals surface area contributed by atoms with Gasteiger partial charge in [0.15, 0.2) is 5.11 Å². The van der Waals surface area contributed by atoms with Crippen LogP contribution in [0.1, 0.15) is 59.3 Å². The summed E-state index contributed by atoms with van der Waals surface area (Å²) in [6, 6.07) is 1.16. The predicted molar refractivity (Wildman–Crippen MR) is 100 cm³/mol. The van der Waals surface area contributed by atoms with Crippen molar-refractivity contribution in [3.8, 4) is 0 Å². The van der Waals surface area contributed by atoms with Crippen molar-refractivity contribution < 1.29 is 0 Å². The van der Waals surface area contributed by atoms with E-state index in [1.165, 1.54) is 38.5 Å². The van der Waals surface area contributed by atoms with E-state index in [4.69, 9.17) is 12.2 Å². The summed E-state index contributed by atoms with van der Waals surface area (Å²) in [7, 11) is 0. The predicted octanol–water partition coefficient (Wildman–Crippen LogP) is 4.27. The molecule has 2 N–H and O–H groups in total. The maximum Gasteiger partial charge on any atom is 0.166 e. The van der Waals surface area contributed by atoms with Crippen LogP contribution in [0.2, 0.25) is 0 Å². The maximum absolute atomic E-state index is 5.68. The first-order valence-corrected chi connectivity index (χ1v) is 10.1.